The molecule has 2 heteroatoms. The second-order valence-electron chi connectivity index (χ2n) is 5.46. The Bertz CT molecular complexity index is 892. The minimum atomic E-state index is 0.749. The number of fused-ring (bicyclic) bond motifs is 3. The molecule has 0 saturated carbocycles. The molecule has 106 valence electrons. The maximum atomic E-state index is 6.00. The van der Waals surface area contributed by atoms with Gasteiger partial charge in [-0.15, -0.1) is 0 Å². The van der Waals surface area contributed by atoms with E-state index in [2.05, 4.69) is 42.5 Å². The molecule has 1 aliphatic carbocycles. The highest BCUT2D eigenvalue weighted by atomic mass is 35.5. The highest BCUT2D eigenvalue weighted by molar-refractivity contribution is 6.30. The Morgan fingerprint density at radius 2 is 1.41 bits per heavy atom. The Kier molecular flexibility index (Phi) is 3.02. The summed E-state index contributed by atoms with van der Waals surface area (Å²) in [7, 11) is 0. The Hall–Kier alpha value is -2.51. The molecule has 1 nitrogen and oxygen atoms in total. The van der Waals surface area contributed by atoms with Crippen LogP contribution in [0.5, 0.6) is 0 Å². The van der Waals surface area contributed by atoms with Gasteiger partial charge in [0, 0.05) is 10.7 Å². The lowest BCUT2D eigenvalue weighted by Gasteiger charge is -2.04. The molecule has 0 bridgehead atoms. The Balaban J connectivity index is 1.96. The van der Waals surface area contributed by atoms with Crippen LogP contribution in [0.2, 0.25) is 5.02 Å². The van der Waals surface area contributed by atoms with Gasteiger partial charge in [-0.25, -0.2) is 0 Å². The van der Waals surface area contributed by atoms with Gasteiger partial charge in [-0.05, 0) is 63.7 Å². The van der Waals surface area contributed by atoms with Gasteiger partial charge in [0.25, 0.3) is 0 Å². The molecule has 0 atom stereocenters. The molecular weight excluding hydrogens is 290 g/mol. The van der Waals surface area contributed by atoms with E-state index in [1.807, 2.05) is 30.3 Å². The van der Waals surface area contributed by atoms with Crippen LogP contribution in [0.25, 0.3) is 22.8 Å². The summed E-state index contributed by atoms with van der Waals surface area (Å²) in [6.45, 7) is 0. The molecule has 22 heavy (non-hydrogen) atoms. The number of benzene rings is 3. The van der Waals surface area contributed by atoms with E-state index >= 15 is 0 Å². The molecule has 0 aliphatic heterocycles. The first kappa shape index (κ1) is 13.2. The first-order valence-electron chi connectivity index (χ1n) is 7.19. The van der Waals surface area contributed by atoms with E-state index in [1.54, 1.807) is 0 Å². The van der Waals surface area contributed by atoms with Crippen LogP contribution in [0.15, 0.2) is 66.7 Å². The molecule has 0 amide bonds. The highest BCUT2D eigenvalue weighted by Gasteiger charge is 2.22. The minimum Gasteiger partial charge on any atom is -0.399 e. The fourth-order valence-corrected chi connectivity index (χ4v) is 3.12. The second-order valence-corrected chi connectivity index (χ2v) is 5.90. The van der Waals surface area contributed by atoms with Crippen LogP contribution in [-0.2, 0) is 0 Å². The zero-order valence-corrected chi connectivity index (χ0v) is 12.6. The number of nitrogen functional groups attached to an aromatic ring is 1. The van der Waals surface area contributed by atoms with Gasteiger partial charge in [0.1, 0.15) is 0 Å². The minimum absolute atomic E-state index is 0.749. The highest BCUT2D eigenvalue weighted by Crippen LogP contribution is 2.45. The Morgan fingerprint density at radius 3 is 2.18 bits per heavy atom. The molecule has 0 fully saturated rings. The van der Waals surface area contributed by atoms with E-state index in [0.29, 0.717) is 0 Å². The number of halogens is 1. The van der Waals surface area contributed by atoms with Crippen LogP contribution in [0.4, 0.5) is 5.69 Å². The molecule has 0 spiro atoms. The van der Waals surface area contributed by atoms with Crippen molar-refractivity contribution in [2.45, 2.75) is 0 Å². The molecule has 0 aromatic heterocycles. The Morgan fingerprint density at radius 1 is 0.727 bits per heavy atom. The summed E-state index contributed by atoms with van der Waals surface area (Å²) in [5.41, 5.74) is 14.1. The van der Waals surface area contributed by atoms with Crippen molar-refractivity contribution in [3.8, 4) is 11.1 Å². The summed E-state index contributed by atoms with van der Waals surface area (Å²) in [6.07, 6.45) is 2.19. The van der Waals surface area contributed by atoms with E-state index in [9.17, 15) is 0 Å². The number of hydrogen-bond donors (Lipinski definition) is 1. The normalized spacial score (nSPS) is 14.0. The third-order valence-corrected chi connectivity index (χ3v) is 4.27. The molecule has 2 N–H and O–H groups in total. The first-order chi connectivity index (χ1) is 10.7. The predicted octanol–water partition coefficient (Wildman–Crippen LogP) is 5.49. The summed E-state index contributed by atoms with van der Waals surface area (Å²) in [6, 6.07) is 22.5. The average molecular weight is 304 g/mol. The van der Waals surface area contributed by atoms with Gasteiger partial charge >= 0.3 is 0 Å². The number of nitrogens with two attached hydrogens (primary N) is 1. The zero-order chi connectivity index (χ0) is 15.1. The number of hydrogen-bond acceptors (Lipinski definition) is 1. The van der Waals surface area contributed by atoms with Crippen LogP contribution in [0, 0.1) is 0 Å². The van der Waals surface area contributed by atoms with Gasteiger partial charge < -0.3 is 5.73 Å². The van der Waals surface area contributed by atoms with Gasteiger partial charge in [0.05, 0.1) is 0 Å². The van der Waals surface area contributed by atoms with E-state index in [1.165, 1.54) is 27.8 Å². The van der Waals surface area contributed by atoms with Crippen LogP contribution in [0.3, 0.4) is 0 Å². The van der Waals surface area contributed by atoms with Gasteiger partial charge in [-0.2, -0.15) is 0 Å². The summed E-state index contributed by atoms with van der Waals surface area (Å²) in [4.78, 5) is 0. The monoisotopic (exact) mass is 303 g/mol. The van der Waals surface area contributed by atoms with Crippen molar-refractivity contribution >= 4 is 28.9 Å². The third-order valence-electron chi connectivity index (χ3n) is 4.02. The lowest BCUT2D eigenvalue weighted by Crippen LogP contribution is -1.87. The zero-order valence-electron chi connectivity index (χ0n) is 11.9. The van der Waals surface area contributed by atoms with Gasteiger partial charge in [-0.3, -0.25) is 0 Å². The molecule has 3 aromatic carbocycles. The fraction of sp³-hybridized carbons (Fsp3) is 0. The number of rotatable bonds is 1. The van der Waals surface area contributed by atoms with Crippen molar-refractivity contribution in [2.24, 2.45) is 0 Å². The van der Waals surface area contributed by atoms with Gasteiger partial charge in [-0.1, -0.05) is 54.1 Å². The van der Waals surface area contributed by atoms with E-state index in [4.69, 9.17) is 17.3 Å². The fourth-order valence-electron chi connectivity index (χ4n) is 3.00. The van der Waals surface area contributed by atoms with E-state index in [0.717, 1.165) is 16.3 Å². The summed E-state index contributed by atoms with van der Waals surface area (Å²) in [5.74, 6) is 0. The lowest BCUT2D eigenvalue weighted by molar-refractivity contribution is 1.63. The standard InChI is InChI=1S/C20H14ClN/c21-14-7-5-13(6-8-14)11-19-17-4-2-1-3-16(17)18-10-9-15(22)12-20(18)19/h1-12H,22H2. The lowest BCUT2D eigenvalue weighted by atomic mass is 10.0. The summed E-state index contributed by atoms with van der Waals surface area (Å²) in [5, 5.41) is 0.749. The molecule has 0 saturated heterocycles. The van der Waals surface area contributed by atoms with Gasteiger partial charge in [0.2, 0.25) is 0 Å². The third kappa shape index (κ3) is 2.11. The largest absolute Gasteiger partial charge is 0.399 e. The molecule has 0 unspecified atom stereocenters. The van der Waals surface area contributed by atoms with Crippen molar-refractivity contribution in [2.75, 3.05) is 5.73 Å². The topological polar surface area (TPSA) is 26.0 Å². The molecular formula is C20H14ClN. The van der Waals surface area contributed by atoms with Gasteiger partial charge in [0.15, 0.2) is 0 Å². The van der Waals surface area contributed by atoms with Crippen molar-refractivity contribution in [1.82, 2.24) is 0 Å². The quantitative estimate of drug-likeness (QED) is 0.462. The van der Waals surface area contributed by atoms with E-state index in [-0.39, 0.29) is 0 Å². The van der Waals surface area contributed by atoms with Crippen molar-refractivity contribution in [1.29, 1.82) is 0 Å². The first-order valence-corrected chi connectivity index (χ1v) is 7.57. The SMILES string of the molecule is Nc1ccc2c(c1)C(=Cc1ccc(Cl)cc1)c1ccccc1-2. The summed E-state index contributed by atoms with van der Waals surface area (Å²) < 4.78 is 0. The summed E-state index contributed by atoms with van der Waals surface area (Å²) >= 11 is 5.97. The maximum absolute atomic E-state index is 6.00. The second kappa shape index (κ2) is 5.04. The van der Waals surface area contributed by atoms with Crippen molar-refractivity contribution < 1.29 is 0 Å². The predicted molar refractivity (Wildman–Crippen MR) is 94.7 cm³/mol. The molecule has 1 aliphatic rings. The number of anilines is 1. The van der Waals surface area contributed by atoms with Crippen LogP contribution in [0.1, 0.15) is 16.7 Å². The maximum Gasteiger partial charge on any atom is 0.0406 e. The van der Waals surface area contributed by atoms with Crippen LogP contribution < -0.4 is 5.73 Å². The smallest absolute Gasteiger partial charge is 0.0406 e. The van der Waals surface area contributed by atoms with E-state index < -0.39 is 0 Å². The van der Waals surface area contributed by atoms with Crippen LogP contribution in [-0.4, -0.2) is 0 Å². The molecule has 3 aromatic rings. The molecule has 0 heterocycles. The Labute approximate surface area is 134 Å². The molecule has 4 rings (SSSR count). The molecule has 0 radical (unpaired) electrons. The van der Waals surface area contributed by atoms with Crippen molar-refractivity contribution in [3.63, 3.8) is 0 Å². The average Bonchev–Trinajstić information content (AvgIpc) is 2.83. The van der Waals surface area contributed by atoms with Crippen LogP contribution >= 0.6 is 11.6 Å². The van der Waals surface area contributed by atoms with Crippen molar-refractivity contribution in [3.05, 3.63) is 88.4 Å².